The van der Waals surface area contributed by atoms with E-state index in [0.29, 0.717) is 22.2 Å². The molecule has 0 bridgehead atoms. The highest BCUT2D eigenvalue weighted by Gasteiger charge is 2.17. The second-order valence-electron chi connectivity index (χ2n) is 6.30. The summed E-state index contributed by atoms with van der Waals surface area (Å²) in [5, 5.41) is 3.46. The van der Waals surface area contributed by atoms with Gasteiger partial charge >= 0.3 is 0 Å². The molecule has 0 saturated carbocycles. The Hall–Kier alpha value is -3.15. The monoisotopic (exact) mass is 368 g/mol. The lowest BCUT2D eigenvalue weighted by atomic mass is 10.1. The lowest BCUT2D eigenvalue weighted by molar-refractivity contribution is 0.0935. The molecular weight excluding hydrogens is 347 g/mol. The highest BCUT2D eigenvalue weighted by Crippen LogP contribution is 2.29. The van der Waals surface area contributed by atoms with E-state index in [1.807, 2.05) is 31.2 Å². The van der Waals surface area contributed by atoms with Crippen molar-refractivity contribution in [1.82, 2.24) is 10.3 Å². The van der Waals surface area contributed by atoms with Crippen LogP contribution in [0.3, 0.4) is 0 Å². The van der Waals surface area contributed by atoms with Gasteiger partial charge in [-0.05, 0) is 49.2 Å². The minimum absolute atomic E-state index is 0.217. The number of aromatic nitrogens is 1. The van der Waals surface area contributed by atoms with Crippen molar-refractivity contribution in [2.75, 3.05) is 14.2 Å². The highest BCUT2D eigenvalue weighted by atomic mass is 19.1. The predicted octanol–water partition coefficient (Wildman–Crippen LogP) is 4.19. The van der Waals surface area contributed by atoms with Crippen LogP contribution in [0.1, 0.15) is 34.6 Å². The first-order valence-electron chi connectivity index (χ1n) is 8.52. The van der Waals surface area contributed by atoms with Crippen LogP contribution in [0.2, 0.25) is 0 Å². The molecule has 0 aliphatic heterocycles. The van der Waals surface area contributed by atoms with Crippen LogP contribution in [0.25, 0.3) is 10.9 Å². The normalized spacial score (nSPS) is 11.9. The number of methoxy groups -OCH3 is 2. The topological polar surface area (TPSA) is 60.5 Å². The van der Waals surface area contributed by atoms with Crippen LogP contribution in [0.5, 0.6) is 11.5 Å². The zero-order valence-electron chi connectivity index (χ0n) is 15.7. The number of carbonyl (C=O) groups is 1. The second-order valence-corrected chi connectivity index (χ2v) is 6.30. The van der Waals surface area contributed by atoms with Gasteiger partial charge in [-0.25, -0.2) is 9.37 Å². The lowest BCUT2D eigenvalue weighted by Crippen LogP contribution is -2.27. The zero-order valence-corrected chi connectivity index (χ0v) is 15.7. The summed E-state index contributed by atoms with van der Waals surface area (Å²) in [6.45, 7) is 3.64. The predicted molar refractivity (Wildman–Crippen MR) is 102 cm³/mol. The van der Waals surface area contributed by atoms with Gasteiger partial charge in [0.1, 0.15) is 23.0 Å². The molecule has 5 nitrogen and oxygen atoms in total. The molecule has 0 fully saturated rings. The Morgan fingerprint density at radius 2 is 1.81 bits per heavy atom. The van der Waals surface area contributed by atoms with E-state index in [4.69, 9.17) is 9.47 Å². The SMILES string of the molecule is COc1ccc(C(C)NC(=O)c2cc(OC)c3cc(F)cc(C)c3n2)cc1. The van der Waals surface area contributed by atoms with Crippen molar-refractivity contribution in [1.29, 1.82) is 0 Å². The fourth-order valence-corrected chi connectivity index (χ4v) is 2.96. The molecule has 0 spiro atoms. The molecule has 3 rings (SSSR count). The summed E-state index contributed by atoms with van der Waals surface area (Å²) < 4.78 is 24.2. The maximum absolute atomic E-state index is 13.7. The average molecular weight is 368 g/mol. The van der Waals surface area contributed by atoms with Crippen LogP contribution in [0, 0.1) is 12.7 Å². The van der Waals surface area contributed by atoms with E-state index >= 15 is 0 Å². The van der Waals surface area contributed by atoms with E-state index in [1.54, 1.807) is 14.0 Å². The Kier molecular flexibility index (Phi) is 5.26. The van der Waals surface area contributed by atoms with E-state index in [0.717, 1.165) is 11.3 Å². The number of ether oxygens (including phenoxy) is 2. The summed E-state index contributed by atoms with van der Waals surface area (Å²) in [7, 11) is 3.09. The van der Waals surface area contributed by atoms with Crippen molar-refractivity contribution in [2.24, 2.45) is 0 Å². The number of hydrogen-bond acceptors (Lipinski definition) is 4. The van der Waals surface area contributed by atoms with Crippen LogP contribution in [0.4, 0.5) is 4.39 Å². The Morgan fingerprint density at radius 3 is 2.44 bits per heavy atom. The van der Waals surface area contributed by atoms with Crippen molar-refractivity contribution in [3.05, 3.63) is 65.1 Å². The number of rotatable bonds is 5. The number of nitrogens with zero attached hydrogens (tertiary/aromatic N) is 1. The standard InChI is InChI=1S/C21H21FN2O3/c1-12-9-15(22)10-17-19(27-4)11-18(24-20(12)17)21(25)23-13(2)14-5-7-16(26-3)8-6-14/h5-11,13H,1-4H3,(H,23,25). The van der Waals surface area contributed by atoms with Crippen LogP contribution in [-0.2, 0) is 0 Å². The molecule has 27 heavy (non-hydrogen) atoms. The van der Waals surface area contributed by atoms with Gasteiger partial charge in [-0.1, -0.05) is 12.1 Å². The third-order valence-electron chi connectivity index (χ3n) is 4.45. The third kappa shape index (κ3) is 3.84. The van der Waals surface area contributed by atoms with Crippen molar-refractivity contribution in [2.45, 2.75) is 19.9 Å². The summed E-state index contributed by atoms with van der Waals surface area (Å²) in [6, 6.07) is 11.5. The molecule has 0 aliphatic carbocycles. The molecule has 1 unspecified atom stereocenters. The fourth-order valence-electron chi connectivity index (χ4n) is 2.96. The number of pyridine rings is 1. The minimum Gasteiger partial charge on any atom is -0.497 e. The van der Waals surface area contributed by atoms with E-state index in [-0.39, 0.29) is 23.5 Å². The van der Waals surface area contributed by atoms with Gasteiger partial charge in [-0.15, -0.1) is 0 Å². The third-order valence-corrected chi connectivity index (χ3v) is 4.45. The molecule has 1 aromatic heterocycles. The molecule has 1 N–H and O–H groups in total. The van der Waals surface area contributed by atoms with Gasteiger partial charge in [0.05, 0.1) is 25.8 Å². The van der Waals surface area contributed by atoms with Gasteiger partial charge in [0, 0.05) is 11.5 Å². The first kappa shape index (κ1) is 18.6. The zero-order chi connectivity index (χ0) is 19.6. The molecule has 1 atom stereocenters. The van der Waals surface area contributed by atoms with Crippen LogP contribution >= 0.6 is 0 Å². The largest absolute Gasteiger partial charge is 0.497 e. The van der Waals surface area contributed by atoms with E-state index in [9.17, 15) is 9.18 Å². The Balaban J connectivity index is 1.90. The lowest BCUT2D eigenvalue weighted by Gasteiger charge is -2.16. The summed E-state index contributed by atoms with van der Waals surface area (Å²) in [4.78, 5) is 17.1. The first-order valence-corrected chi connectivity index (χ1v) is 8.52. The molecule has 0 saturated heterocycles. The summed E-state index contributed by atoms with van der Waals surface area (Å²) in [6.07, 6.45) is 0. The number of fused-ring (bicyclic) bond motifs is 1. The fraction of sp³-hybridized carbons (Fsp3) is 0.238. The van der Waals surface area contributed by atoms with E-state index < -0.39 is 0 Å². The molecule has 140 valence electrons. The first-order chi connectivity index (χ1) is 12.9. The molecule has 6 heteroatoms. The molecule has 3 aromatic rings. The smallest absolute Gasteiger partial charge is 0.270 e. The van der Waals surface area contributed by atoms with Crippen LogP contribution in [0.15, 0.2) is 42.5 Å². The number of hydrogen-bond donors (Lipinski definition) is 1. The number of halogens is 1. The van der Waals surface area contributed by atoms with E-state index in [1.165, 1.54) is 25.3 Å². The molecular formula is C21H21FN2O3. The number of nitrogens with one attached hydrogen (secondary N) is 1. The van der Waals surface area contributed by atoms with Gasteiger partial charge in [-0.2, -0.15) is 0 Å². The second kappa shape index (κ2) is 7.61. The van der Waals surface area contributed by atoms with E-state index in [2.05, 4.69) is 10.3 Å². The van der Waals surface area contributed by atoms with Gasteiger partial charge in [0.15, 0.2) is 0 Å². The van der Waals surface area contributed by atoms with Crippen LogP contribution < -0.4 is 14.8 Å². The van der Waals surface area contributed by atoms with Gasteiger partial charge in [0.25, 0.3) is 5.91 Å². The molecule has 2 aromatic carbocycles. The van der Waals surface area contributed by atoms with Crippen molar-refractivity contribution >= 4 is 16.8 Å². The quantitative estimate of drug-likeness (QED) is 0.734. The van der Waals surface area contributed by atoms with Crippen LogP contribution in [-0.4, -0.2) is 25.1 Å². The Bertz CT molecular complexity index is 987. The Morgan fingerprint density at radius 1 is 1.11 bits per heavy atom. The van der Waals surface area contributed by atoms with Crippen molar-refractivity contribution in [3.63, 3.8) is 0 Å². The number of carbonyl (C=O) groups excluding carboxylic acids is 1. The maximum atomic E-state index is 13.7. The molecule has 1 heterocycles. The Labute approximate surface area is 157 Å². The number of aryl methyl sites for hydroxylation is 1. The molecule has 1 amide bonds. The van der Waals surface area contributed by atoms with Gasteiger partial charge in [0.2, 0.25) is 0 Å². The molecule has 0 radical (unpaired) electrons. The summed E-state index contributed by atoms with van der Waals surface area (Å²) in [5.41, 5.74) is 2.34. The number of benzene rings is 2. The van der Waals surface area contributed by atoms with Crippen molar-refractivity contribution in [3.8, 4) is 11.5 Å². The summed E-state index contributed by atoms with van der Waals surface area (Å²) in [5.74, 6) is 0.457. The minimum atomic E-state index is -0.370. The molecule has 0 aliphatic rings. The average Bonchev–Trinajstić information content (AvgIpc) is 2.67. The van der Waals surface area contributed by atoms with Gasteiger partial charge < -0.3 is 14.8 Å². The maximum Gasteiger partial charge on any atom is 0.270 e. The van der Waals surface area contributed by atoms with Crippen molar-refractivity contribution < 1.29 is 18.7 Å². The van der Waals surface area contributed by atoms with Gasteiger partial charge in [-0.3, -0.25) is 4.79 Å². The highest BCUT2D eigenvalue weighted by molar-refractivity contribution is 5.98. The number of amides is 1. The summed E-state index contributed by atoms with van der Waals surface area (Å²) >= 11 is 0.